The van der Waals surface area contributed by atoms with Crippen LogP contribution < -0.4 is 21.2 Å². The Morgan fingerprint density at radius 2 is 0.769 bits per heavy atom. The lowest BCUT2D eigenvalue weighted by molar-refractivity contribution is -0.902. The quantitative estimate of drug-likeness (QED) is 0.132. The lowest BCUT2D eigenvalue weighted by Crippen LogP contribution is -2.45. The van der Waals surface area contributed by atoms with E-state index in [4.69, 9.17) is 0 Å². The molecule has 0 aliphatic heterocycles. The largest absolute Gasteiger partial charge is 0.324 e. The molecule has 5 aromatic carbocycles. The first-order valence-corrected chi connectivity index (χ1v) is 16.1. The number of nitrogens with zero attached hydrogens (tertiary/aromatic N) is 2. The summed E-state index contributed by atoms with van der Waals surface area (Å²) in [6.07, 6.45) is 0. The molecular formula is C35H37N2P2+. The molecule has 196 valence electrons. The van der Waals surface area contributed by atoms with E-state index in [2.05, 4.69) is 170 Å². The fourth-order valence-corrected chi connectivity index (χ4v) is 10.9. The molecule has 0 aromatic heterocycles. The summed E-state index contributed by atoms with van der Waals surface area (Å²) in [4.78, 5) is 0. The molecule has 0 aliphatic carbocycles. The second-order valence-electron chi connectivity index (χ2n) is 10.4. The van der Waals surface area contributed by atoms with Crippen molar-refractivity contribution in [3.8, 4) is 0 Å². The Hall–Kier alpha value is -3.12. The van der Waals surface area contributed by atoms with Crippen LogP contribution in [0.25, 0.3) is 0 Å². The van der Waals surface area contributed by atoms with Crippen LogP contribution in [0.2, 0.25) is 0 Å². The van der Waals surface area contributed by atoms with Crippen LogP contribution in [-0.4, -0.2) is 36.1 Å². The van der Waals surface area contributed by atoms with Crippen molar-refractivity contribution in [3.05, 3.63) is 157 Å². The van der Waals surface area contributed by atoms with Crippen LogP contribution in [0.3, 0.4) is 0 Å². The number of likely N-dealkylation sites (N-methyl/N-ethyl adjacent to an activating group) is 1. The molecule has 0 radical (unpaired) electrons. The molecule has 5 aromatic rings. The fourth-order valence-electron chi connectivity index (χ4n) is 4.91. The molecule has 4 heteroatoms. The van der Waals surface area contributed by atoms with Crippen LogP contribution in [0, 0.1) is 0 Å². The smallest absolute Gasteiger partial charge is 0.104 e. The van der Waals surface area contributed by atoms with Crippen molar-refractivity contribution in [1.29, 1.82) is 0 Å². The molecule has 39 heavy (non-hydrogen) atoms. The molecule has 0 bridgehead atoms. The lowest BCUT2D eigenvalue weighted by Gasteiger charge is -2.41. The third-order valence-electron chi connectivity index (χ3n) is 6.82. The van der Waals surface area contributed by atoms with Crippen molar-refractivity contribution in [2.75, 3.05) is 27.2 Å². The van der Waals surface area contributed by atoms with E-state index in [-0.39, 0.29) is 0 Å². The van der Waals surface area contributed by atoms with Gasteiger partial charge in [-0.3, -0.25) is 0 Å². The van der Waals surface area contributed by atoms with Crippen molar-refractivity contribution in [2.24, 2.45) is 0 Å². The molecule has 0 atom stereocenters. The van der Waals surface area contributed by atoms with Crippen molar-refractivity contribution in [1.82, 2.24) is 4.44 Å². The predicted octanol–water partition coefficient (Wildman–Crippen LogP) is 6.66. The summed E-state index contributed by atoms with van der Waals surface area (Å²) in [5.41, 5.74) is 1.39. The standard InChI is InChI=1S/C35H37N2P2/c1-37(2,30-31-18-8-3-9-19-31)29-28-36(38(32-20-10-4-11-21-32)33-22-12-5-13-23-33)39(34-24-14-6-15-25-34)35-26-16-7-17-27-35/h3-27H,28-30H2,1-2H3/q+1. The van der Waals surface area contributed by atoms with Gasteiger partial charge in [0.1, 0.15) is 6.54 Å². The number of quaternary nitrogens is 1. The van der Waals surface area contributed by atoms with Gasteiger partial charge in [0.2, 0.25) is 0 Å². The number of benzene rings is 5. The van der Waals surface area contributed by atoms with E-state index in [0.29, 0.717) is 0 Å². The maximum Gasteiger partial charge on any atom is 0.104 e. The summed E-state index contributed by atoms with van der Waals surface area (Å²) < 4.78 is 3.78. The molecule has 0 unspecified atom stereocenters. The highest BCUT2D eigenvalue weighted by atomic mass is 31.2. The van der Waals surface area contributed by atoms with Gasteiger partial charge in [0, 0.05) is 21.7 Å². The molecule has 2 nitrogen and oxygen atoms in total. The summed E-state index contributed by atoms with van der Waals surface area (Å²) in [7, 11) is 3.21. The van der Waals surface area contributed by atoms with Crippen molar-refractivity contribution >= 4 is 37.4 Å². The Morgan fingerprint density at radius 3 is 1.10 bits per heavy atom. The fraction of sp³-hybridized carbons (Fsp3) is 0.143. The van der Waals surface area contributed by atoms with Gasteiger partial charge in [0.25, 0.3) is 0 Å². The van der Waals surface area contributed by atoms with Gasteiger partial charge in [0.15, 0.2) is 0 Å². The highest BCUT2D eigenvalue weighted by Gasteiger charge is 2.33. The van der Waals surface area contributed by atoms with Crippen LogP contribution in [0.1, 0.15) is 5.56 Å². The van der Waals surface area contributed by atoms with E-state index < -0.39 is 16.1 Å². The molecular weight excluding hydrogens is 510 g/mol. The molecule has 0 heterocycles. The van der Waals surface area contributed by atoms with Crippen molar-refractivity contribution in [2.45, 2.75) is 6.54 Å². The summed E-state index contributed by atoms with van der Waals surface area (Å²) in [5, 5.41) is 5.58. The zero-order valence-corrected chi connectivity index (χ0v) is 24.6. The molecule has 0 spiro atoms. The van der Waals surface area contributed by atoms with Crippen molar-refractivity contribution < 1.29 is 4.48 Å². The van der Waals surface area contributed by atoms with E-state index in [0.717, 1.165) is 24.1 Å². The van der Waals surface area contributed by atoms with Crippen molar-refractivity contribution in [3.63, 3.8) is 0 Å². The van der Waals surface area contributed by atoms with E-state index in [1.54, 1.807) is 0 Å². The van der Waals surface area contributed by atoms with Crippen LogP contribution in [-0.2, 0) is 6.54 Å². The van der Waals surface area contributed by atoms with Crippen LogP contribution in [0.15, 0.2) is 152 Å². The predicted molar refractivity (Wildman–Crippen MR) is 172 cm³/mol. The van der Waals surface area contributed by atoms with E-state index in [1.165, 1.54) is 26.8 Å². The molecule has 0 fully saturated rings. The molecule has 5 rings (SSSR count). The zero-order chi connectivity index (χ0) is 26.9. The summed E-state index contributed by atoms with van der Waals surface area (Å²) in [5.74, 6) is 0. The van der Waals surface area contributed by atoms with Gasteiger partial charge in [-0.05, 0) is 21.2 Å². The topological polar surface area (TPSA) is 3.24 Å². The van der Waals surface area contributed by atoms with Gasteiger partial charge in [-0.2, -0.15) is 0 Å². The highest BCUT2D eigenvalue weighted by Crippen LogP contribution is 2.54. The normalized spacial score (nSPS) is 11.8. The van der Waals surface area contributed by atoms with Gasteiger partial charge in [0.05, 0.1) is 27.2 Å². The SMILES string of the molecule is C[N+](C)(CCN(P(c1ccccc1)c1ccccc1)P(c1ccccc1)c1ccccc1)Cc1ccccc1. The van der Waals surface area contributed by atoms with Gasteiger partial charge in [-0.25, -0.2) is 4.44 Å². The third kappa shape index (κ3) is 7.30. The van der Waals surface area contributed by atoms with E-state index >= 15 is 0 Å². The minimum Gasteiger partial charge on any atom is -0.324 e. The average molecular weight is 548 g/mol. The lowest BCUT2D eigenvalue weighted by atomic mass is 10.2. The Bertz CT molecular complexity index is 1230. The van der Waals surface area contributed by atoms with Gasteiger partial charge in [-0.1, -0.05) is 152 Å². The molecule has 0 aliphatic rings. The maximum absolute atomic E-state index is 2.85. The van der Waals surface area contributed by atoms with Crippen LogP contribution in [0.5, 0.6) is 0 Å². The summed E-state index contributed by atoms with van der Waals surface area (Å²) in [6.45, 7) is 3.05. The Balaban J connectivity index is 1.61. The van der Waals surface area contributed by atoms with Gasteiger partial charge < -0.3 is 4.48 Å². The minimum absolute atomic E-state index is 0.761. The molecule has 0 amide bonds. The first-order valence-electron chi connectivity index (χ1n) is 13.5. The number of hydrogen-bond donors (Lipinski definition) is 0. The minimum atomic E-state index is -0.761. The summed E-state index contributed by atoms with van der Waals surface area (Å²) in [6, 6.07) is 55.5. The van der Waals surface area contributed by atoms with Crippen LogP contribution in [0.4, 0.5) is 0 Å². The highest BCUT2D eigenvalue weighted by molar-refractivity contribution is 7.84. The molecule has 0 N–H and O–H groups in total. The Morgan fingerprint density at radius 1 is 0.462 bits per heavy atom. The number of hydrogen-bond acceptors (Lipinski definition) is 1. The first-order chi connectivity index (χ1) is 19.1. The Labute approximate surface area is 236 Å². The second-order valence-corrected chi connectivity index (χ2v) is 15.0. The number of rotatable bonds is 11. The average Bonchev–Trinajstić information content (AvgIpc) is 2.98. The van der Waals surface area contributed by atoms with E-state index in [9.17, 15) is 0 Å². The van der Waals surface area contributed by atoms with Gasteiger partial charge >= 0.3 is 0 Å². The first kappa shape index (κ1) is 27.4. The molecule has 0 saturated heterocycles. The molecule has 0 saturated carbocycles. The van der Waals surface area contributed by atoms with Gasteiger partial charge in [-0.15, -0.1) is 0 Å². The zero-order valence-electron chi connectivity index (χ0n) is 22.8. The third-order valence-corrected chi connectivity index (χ3v) is 12.4. The Kier molecular flexibility index (Phi) is 9.36. The summed E-state index contributed by atoms with van der Waals surface area (Å²) >= 11 is 0. The monoisotopic (exact) mass is 547 g/mol. The maximum atomic E-state index is 2.85. The second kappa shape index (κ2) is 13.3. The van der Waals surface area contributed by atoms with Crippen LogP contribution >= 0.6 is 16.1 Å². The van der Waals surface area contributed by atoms with E-state index in [1.807, 2.05) is 0 Å².